The molecule has 0 atom stereocenters. The van der Waals surface area contributed by atoms with Gasteiger partial charge in [-0.1, -0.05) is 25.2 Å². The van der Waals surface area contributed by atoms with Crippen LogP contribution in [-0.4, -0.2) is 42.8 Å². The van der Waals surface area contributed by atoms with Gasteiger partial charge in [-0.3, -0.25) is 9.88 Å². The van der Waals surface area contributed by atoms with Crippen LogP contribution < -0.4 is 0 Å². The second-order valence-corrected chi connectivity index (χ2v) is 5.38. The molecule has 0 radical (unpaired) electrons. The van der Waals surface area contributed by atoms with Crippen LogP contribution in [0.15, 0.2) is 24.5 Å². The molecule has 0 unspecified atom stereocenters. The summed E-state index contributed by atoms with van der Waals surface area (Å²) >= 11 is 1.53. The average Bonchev–Trinajstić information content (AvgIpc) is 3.07. The number of hydrogen-bond acceptors (Lipinski definition) is 6. The smallest absolute Gasteiger partial charge is 0.235 e. The molecule has 0 aliphatic heterocycles. The molecular formula is C13H16N6S. The Labute approximate surface area is 121 Å². The highest BCUT2D eigenvalue weighted by Crippen LogP contribution is 2.24. The van der Waals surface area contributed by atoms with Gasteiger partial charge in [0.1, 0.15) is 5.01 Å². The van der Waals surface area contributed by atoms with Gasteiger partial charge in [0, 0.05) is 18.0 Å². The molecule has 3 aromatic heterocycles. The van der Waals surface area contributed by atoms with E-state index in [0.29, 0.717) is 0 Å². The maximum atomic E-state index is 4.61. The fourth-order valence-electron chi connectivity index (χ4n) is 2.01. The van der Waals surface area contributed by atoms with E-state index in [-0.39, 0.29) is 0 Å². The largest absolute Gasteiger partial charge is 0.296 e. The van der Waals surface area contributed by atoms with Crippen molar-refractivity contribution in [3.8, 4) is 10.6 Å². The lowest BCUT2D eigenvalue weighted by atomic mass is 10.3. The van der Waals surface area contributed by atoms with Gasteiger partial charge < -0.3 is 0 Å². The summed E-state index contributed by atoms with van der Waals surface area (Å²) in [5.74, 6) is 0.884. The maximum Gasteiger partial charge on any atom is 0.235 e. The Balaban J connectivity index is 1.95. The second-order valence-electron chi connectivity index (χ2n) is 4.42. The predicted octanol–water partition coefficient (Wildman–Crippen LogP) is 2.09. The molecule has 7 heteroatoms. The van der Waals surface area contributed by atoms with Crippen LogP contribution in [0.2, 0.25) is 0 Å². The van der Waals surface area contributed by atoms with Crippen molar-refractivity contribution >= 4 is 16.3 Å². The van der Waals surface area contributed by atoms with E-state index in [1.165, 1.54) is 11.3 Å². The van der Waals surface area contributed by atoms with E-state index in [0.717, 1.165) is 41.0 Å². The maximum absolute atomic E-state index is 4.61. The zero-order valence-corrected chi connectivity index (χ0v) is 12.3. The fourth-order valence-corrected chi connectivity index (χ4v) is 2.86. The molecule has 3 aromatic rings. The second kappa shape index (κ2) is 5.64. The van der Waals surface area contributed by atoms with Gasteiger partial charge in [-0.15, -0.1) is 10.2 Å². The van der Waals surface area contributed by atoms with Crippen LogP contribution in [0.3, 0.4) is 0 Å². The summed E-state index contributed by atoms with van der Waals surface area (Å²) in [6.45, 7) is 7.04. The van der Waals surface area contributed by atoms with E-state index in [9.17, 15) is 0 Å². The van der Waals surface area contributed by atoms with Crippen LogP contribution in [0.5, 0.6) is 0 Å². The van der Waals surface area contributed by atoms with Gasteiger partial charge >= 0.3 is 0 Å². The Hall–Kier alpha value is -1.86. The van der Waals surface area contributed by atoms with Crippen molar-refractivity contribution in [3.63, 3.8) is 0 Å². The SMILES string of the molecule is CCN(CC)Cc1nnc2sc(-c3cccnc3)nn12. The molecule has 104 valence electrons. The Morgan fingerprint density at radius 2 is 2.10 bits per heavy atom. The average molecular weight is 288 g/mol. The number of rotatable bonds is 5. The minimum atomic E-state index is 0.768. The number of nitrogens with zero attached hydrogens (tertiary/aromatic N) is 6. The lowest BCUT2D eigenvalue weighted by Crippen LogP contribution is -2.23. The third-order valence-electron chi connectivity index (χ3n) is 3.22. The molecule has 0 aliphatic rings. The molecule has 0 N–H and O–H groups in total. The van der Waals surface area contributed by atoms with E-state index in [1.54, 1.807) is 6.20 Å². The molecule has 0 aromatic carbocycles. The highest BCUT2D eigenvalue weighted by molar-refractivity contribution is 7.19. The van der Waals surface area contributed by atoms with Gasteiger partial charge in [0.15, 0.2) is 5.82 Å². The summed E-state index contributed by atoms with van der Waals surface area (Å²) in [6, 6.07) is 3.91. The van der Waals surface area contributed by atoms with Gasteiger partial charge in [0.05, 0.1) is 6.54 Å². The zero-order valence-electron chi connectivity index (χ0n) is 11.5. The van der Waals surface area contributed by atoms with Gasteiger partial charge in [0.2, 0.25) is 4.96 Å². The molecule has 6 nitrogen and oxygen atoms in total. The monoisotopic (exact) mass is 288 g/mol. The van der Waals surface area contributed by atoms with Crippen LogP contribution in [0, 0.1) is 0 Å². The minimum absolute atomic E-state index is 0.768. The molecule has 20 heavy (non-hydrogen) atoms. The van der Waals surface area contributed by atoms with Crippen LogP contribution in [0.25, 0.3) is 15.5 Å². The molecular weight excluding hydrogens is 272 g/mol. The molecule has 0 saturated carbocycles. The first kappa shape index (κ1) is 13.1. The molecule has 0 bridgehead atoms. The first-order valence-corrected chi connectivity index (χ1v) is 7.47. The van der Waals surface area contributed by atoms with Crippen molar-refractivity contribution in [1.82, 2.24) is 29.7 Å². The van der Waals surface area contributed by atoms with Crippen molar-refractivity contribution in [2.75, 3.05) is 13.1 Å². The van der Waals surface area contributed by atoms with Crippen LogP contribution in [-0.2, 0) is 6.54 Å². The van der Waals surface area contributed by atoms with E-state index in [1.807, 2.05) is 22.8 Å². The van der Waals surface area contributed by atoms with Crippen molar-refractivity contribution in [1.29, 1.82) is 0 Å². The summed E-state index contributed by atoms with van der Waals surface area (Å²) in [5.41, 5.74) is 1.01. The lowest BCUT2D eigenvalue weighted by Gasteiger charge is -2.15. The van der Waals surface area contributed by atoms with Gasteiger partial charge in [-0.2, -0.15) is 9.61 Å². The van der Waals surface area contributed by atoms with Crippen molar-refractivity contribution in [2.24, 2.45) is 0 Å². The van der Waals surface area contributed by atoms with Crippen LogP contribution in [0.1, 0.15) is 19.7 Å². The summed E-state index contributed by atoms with van der Waals surface area (Å²) in [4.78, 5) is 7.24. The minimum Gasteiger partial charge on any atom is -0.296 e. The van der Waals surface area contributed by atoms with Crippen LogP contribution in [0.4, 0.5) is 0 Å². The van der Waals surface area contributed by atoms with E-state index < -0.39 is 0 Å². The molecule has 3 rings (SSSR count). The highest BCUT2D eigenvalue weighted by atomic mass is 32.1. The van der Waals surface area contributed by atoms with Crippen molar-refractivity contribution in [2.45, 2.75) is 20.4 Å². The fraction of sp³-hybridized carbons (Fsp3) is 0.385. The lowest BCUT2D eigenvalue weighted by molar-refractivity contribution is 0.286. The standard InChI is InChI=1S/C13H16N6S/c1-3-18(4-2)9-11-15-16-13-19(11)17-12(20-13)10-6-5-7-14-8-10/h5-8H,3-4,9H2,1-2H3. The van der Waals surface area contributed by atoms with Crippen molar-refractivity contribution < 1.29 is 0 Å². The number of fused-ring (bicyclic) bond motifs is 1. The Bertz CT molecular complexity index is 685. The van der Waals surface area contributed by atoms with Gasteiger partial charge in [-0.05, 0) is 25.2 Å². The van der Waals surface area contributed by atoms with E-state index in [4.69, 9.17) is 0 Å². The van der Waals surface area contributed by atoms with E-state index in [2.05, 4.69) is 39.0 Å². The summed E-state index contributed by atoms with van der Waals surface area (Å²) in [5, 5.41) is 14.0. The van der Waals surface area contributed by atoms with Gasteiger partial charge in [0.25, 0.3) is 0 Å². The summed E-state index contributed by atoms with van der Waals surface area (Å²) < 4.78 is 1.84. The van der Waals surface area contributed by atoms with Crippen molar-refractivity contribution in [3.05, 3.63) is 30.4 Å². The molecule has 0 saturated heterocycles. The molecule has 3 heterocycles. The number of hydrogen-bond donors (Lipinski definition) is 0. The third-order valence-corrected chi connectivity index (χ3v) is 4.17. The molecule has 0 spiro atoms. The number of pyridine rings is 1. The molecule has 0 aliphatic carbocycles. The number of aromatic nitrogens is 5. The molecule has 0 amide bonds. The Morgan fingerprint density at radius 1 is 1.25 bits per heavy atom. The summed E-state index contributed by atoms with van der Waals surface area (Å²) in [6.07, 6.45) is 3.57. The first-order chi connectivity index (χ1) is 9.81. The van der Waals surface area contributed by atoms with E-state index >= 15 is 0 Å². The van der Waals surface area contributed by atoms with Crippen LogP contribution >= 0.6 is 11.3 Å². The third kappa shape index (κ3) is 2.41. The zero-order chi connectivity index (χ0) is 13.9. The highest BCUT2D eigenvalue weighted by Gasteiger charge is 2.14. The topological polar surface area (TPSA) is 59.2 Å². The molecule has 0 fully saturated rings. The Morgan fingerprint density at radius 3 is 2.80 bits per heavy atom. The van der Waals surface area contributed by atoms with Gasteiger partial charge in [-0.25, -0.2) is 0 Å². The summed E-state index contributed by atoms with van der Waals surface area (Å²) in [7, 11) is 0. The quantitative estimate of drug-likeness (QED) is 0.719. The Kier molecular flexibility index (Phi) is 3.70. The first-order valence-electron chi connectivity index (χ1n) is 6.65. The predicted molar refractivity (Wildman–Crippen MR) is 78.5 cm³/mol. The normalized spacial score (nSPS) is 11.6.